The Bertz CT molecular complexity index is 532. The Kier molecular flexibility index (Phi) is 5.75. The van der Waals surface area contributed by atoms with Gasteiger partial charge in [0.15, 0.2) is 0 Å². The van der Waals surface area contributed by atoms with E-state index in [9.17, 15) is 22.8 Å². The maximum Gasteiger partial charge on any atom is 0.305 e. The fourth-order valence-electron chi connectivity index (χ4n) is 1.81. The number of hydrogen-bond donors (Lipinski definition) is 1. The zero-order chi connectivity index (χ0) is 16.2. The highest BCUT2D eigenvalue weighted by molar-refractivity contribution is 5.95. The van der Waals surface area contributed by atoms with Gasteiger partial charge < -0.3 is 10.0 Å². The molecule has 0 aliphatic heterocycles. The first-order valence-corrected chi connectivity index (χ1v) is 6.34. The van der Waals surface area contributed by atoms with Crippen LogP contribution in [0.3, 0.4) is 0 Å². The van der Waals surface area contributed by atoms with Crippen molar-refractivity contribution in [1.82, 2.24) is 4.90 Å². The maximum absolute atomic E-state index is 13.8. The Morgan fingerprint density at radius 1 is 1.29 bits per heavy atom. The van der Waals surface area contributed by atoms with Gasteiger partial charge in [-0.15, -0.1) is 0 Å². The molecule has 21 heavy (non-hydrogen) atoms. The van der Waals surface area contributed by atoms with E-state index in [0.29, 0.717) is 6.07 Å². The first-order valence-electron chi connectivity index (χ1n) is 6.34. The molecule has 116 valence electrons. The number of carboxylic acid groups (broad SMARTS) is 1. The van der Waals surface area contributed by atoms with Crippen LogP contribution in [0.4, 0.5) is 13.2 Å². The molecule has 0 saturated heterocycles. The molecule has 0 bridgehead atoms. The molecule has 0 aliphatic carbocycles. The van der Waals surface area contributed by atoms with Crippen molar-refractivity contribution in [2.75, 3.05) is 6.54 Å². The average molecular weight is 303 g/mol. The molecule has 1 aromatic rings. The molecule has 0 unspecified atom stereocenters. The van der Waals surface area contributed by atoms with Gasteiger partial charge in [0.1, 0.15) is 5.82 Å². The van der Waals surface area contributed by atoms with Crippen LogP contribution in [-0.2, 0) is 4.79 Å². The SMILES string of the molecule is CC(C)N(CCC(=O)O)C(=O)c1ccc(C(F)F)cc1F. The predicted molar refractivity (Wildman–Crippen MR) is 69.8 cm³/mol. The third-order valence-electron chi connectivity index (χ3n) is 2.93. The van der Waals surface area contributed by atoms with E-state index >= 15 is 0 Å². The second-order valence-electron chi connectivity index (χ2n) is 4.78. The van der Waals surface area contributed by atoms with Crippen LogP contribution in [-0.4, -0.2) is 34.5 Å². The lowest BCUT2D eigenvalue weighted by atomic mass is 10.1. The largest absolute Gasteiger partial charge is 0.481 e. The first-order chi connectivity index (χ1) is 9.73. The second kappa shape index (κ2) is 7.10. The minimum atomic E-state index is -2.82. The van der Waals surface area contributed by atoms with Gasteiger partial charge in [0, 0.05) is 18.2 Å². The van der Waals surface area contributed by atoms with Gasteiger partial charge in [-0.2, -0.15) is 0 Å². The summed E-state index contributed by atoms with van der Waals surface area (Å²) in [6.07, 6.45) is -3.10. The number of carbonyl (C=O) groups is 2. The number of benzene rings is 1. The lowest BCUT2D eigenvalue weighted by Gasteiger charge is -2.26. The van der Waals surface area contributed by atoms with Crippen LogP contribution in [0.2, 0.25) is 0 Å². The van der Waals surface area contributed by atoms with Gasteiger partial charge in [0.2, 0.25) is 0 Å². The topological polar surface area (TPSA) is 57.6 Å². The Hall–Kier alpha value is -2.05. The van der Waals surface area contributed by atoms with Crippen LogP contribution in [0.1, 0.15) is 42.6 Å². The van der Waals surface area contributed by atoms with Crippen LogP contribution >= 0.6 is 0 Å². The molecule has 1 amide bonds. The quantitative estimate of drug-likeness (QED) is 0.878. The number of alkyl halides is 2. The molecule has 1 rings (SSSR count). The Labute approximate surface area is 120 Å². The number of carbonyl (C=O) groups excluding carboxylic acids is 1. The maximum atomic E-state index is 13.8. The highest BCUT2D eigenvalue weighted by atomic mass is 19.3. The number of aliphatic carboxylic acids is 1. The molecule has 7 heteroatoms. The summed E-state index contributed by atoms with van der Waals surface area (Å²) in [5.41, 5.74) is -0.857. The number of nitrogens with zero attached hydrogens (tertiary/aromatic N) is 1. The van der Waals surface area contributed by atoms with Gasteiger partial charge in [0.05, 0.1) is 12.0 Å². The van der Waals surface area contributed by atoms with Gasteiger partial charge in [-0.05, 0) is 26.0 Å². The fourth-order valence-corrected chi connectivity index (χ4v) is 1.81. The van der Waals surface area contributed by atoms with Crippen molar-refractivity contribution < 1.29 is 27.9 Å². The van der Waals surface area contributed by atoms with Crippen LogP contribution in [0.15, 0.2) is 18.2 Å². The highest BCUT2D eigenvalue weighted by Crippen LogP contribution is 2.22. The van der Waals surface area contributed by atoms with Gasteiger partial charge in [0.25, 0.3) is 12.3 Å². The number of halogens is 3. The molecule has 0 aromatic heterocycles. The number of amides is 1. The van der Waals surface area contributed by atoms with Crippen molar-refractivity contribution in [2.45, 2.75) is 32.7 Å². The second-order valence-corrected chi connectivity index (χ2v) is 4.78. The molecular weight excluding hydrogens is 287 g/mol. The third kappa shape index (κ3) is 4.47. The van der Waals surface area contributed by atoms with Crippen LogP contribution in [0.25, 0.3) is 0 Å². The van der Waals surface area contributed by atoms with E-state index in [2.05, 4.69) is 0 Å². The zero-order valence-electron chi connectivity index (χ0n) is 11.6. The van der Waals surface area contributed by atoms with E-state index in [1.165, 1.54) is 4.90 Å². The average Bonchev–Trinajstić information content (AvgIpc) is 2.37. The summed E-state index contributed by atoms with van der Waals surface area (Å²) in [6, 6.07) is 2.26. The van der Waals surface area contributed by atoms with E-state index in [1.54, 1.807) is 13.8 Å². The van der Waals surface area contributed by atoms with Crippen molar-refractivity contribution in [2.24, 2.45) is 0 Å². The van der Waals surface area contributed by atoms with Crippen LogP contribution in [0, 0.1) is 5.82 Å². The third-order valence-corrected chi connectivity index (χ3v) is 2.93. The van der Waals surface area contributed by atoms with Crippen molar-refractivity contribution in [3.63, 3.8) is 0 Å². The van der Waals surface area contributed by atoms with Crippen LogP contribution in [0.5, 0.6) is 0 Å². The summed E-state index contributed by atoms with van der Waals surface area (Å²) in [5, 5.41) is 8.65. The standard InChI is InChI=1S/C14H16F3NO3/c1-8(2)18(6-5-12(19)20)14(21)10-4-3-9(13(16)17)7-11(10)15/h3-4,7-8,13H,5-6H2,1-2H3,(H,19,20). The van der Waals surface area contributed by atoms with Gasteiger partial charge >= 0.3 is 5.97 Å². The van der Waals surface area contributed by atoms with E-state index in [0.717, 1.165) is 12.1 Å². The number of rotatable bonds is 6. The number of hydrogen-bond acceptors (Lipinski definition) is 2. The van der Waals surface area contributed by atoms with Gasteiger partial charge in [-0.1, -0.05) is 6.07 Å². The lowest BCUT2D eigenvalue weighted by molar-refractivity contribution is -0.137. The summed E-state index contributed by atoms with van der Waals surface area (Å²) in [4.78, 5) is 24.0. The van der Waals surface area contributed by atoms with E-state index in [-0.39, 0.29) is 24.6 Å². The lowest BCUT2D eigenvalue weighted by Crippen LogP contribution is -2.38. The van der Waals surface area contributed by atoms with Crippen LogP contribution < -0.4 is 0 Å². The minimum Gasteiger partial charge on any atom is -0.481 e. The molecule has 1 N–H and O–H groups in total. The zero-order valence-corrected chi connectivity index (χ0v) is 11.6. The molecule has 0 radical (unpaired) electrons. The highest BCUT2D eigenvalue weighted by Gasteiger charge is 2.23. The normalized spacial score (nSPS) is 11.0. The summed E-state index contributed by atoms with van der Waals surface area (Å²) >= 11 is 0. The van der Waals surface area contributed by atoms with Crippen molar-refractivity contribution in [3.05, 3.63) is 35.1 Å². The molecule has 0 fully saturated rings. The smallest absolute Gasteiger partial charge is 0.305 e. The Morgan fingerprint density at radius 3 is 2.33 bits per heavy atom. The molecule has 1 aromatic carbocycles. The van der Waals surface area contributed by atoms with E-state index < -0.39 is 29.7 Å². The summed E-state index contributed by atoms with van der Waals surface area (Å²) in [7, 11) is 0. The molecule has 0 spiro atoms. The molecule has 0 aliphatic rings. The molecule has 0 saturated carbocycles. The molecule has 4 nitrogen and oxygen atoms in total. The minimum absolute atomic E-state index is 0.0815. The van der Waals surface area contributed by atoms with Crippen molar-refractivity contribution in [3.8, 4) is 0 Å². The molecular formula is C14H16F3NO3. The summed E-state index contributed by atoms with van der Waals surface area (Å²) in [5.74, 6) is -2.84. The molecule has 0 atom stereocenters. The first kappa shape index (κ1) is 17.0. The fraction of sp³-hybridized carbons (Fsp3) is 0.429. The van der Waals surface area contributed by atoms with E-state index in [1.807, 2.05) is 0 Å². The summed E-state index contributed by atoms with van der Waals surface area (Å²) < 4.78 is 38.7. The Balaban J connectivity index is 3.01. The van der Waals surface area contributed by atoms with E-state index in [4.69, 9.17) is 5.11 Å². The molecule has 0 heterocycles. The van der Waals surface area contributed by atoms with Gasteiger partial charge in [-0.3, -0.25) is 9.59 Å². The van der Waals surface area contributed by atoms with Gasteiger partial charge in [-0.25, -0.2) is 13.2 Å². The number of carboxylic acids is 1. The Morgan fingerprint density at radius 2 is 1.90 bits per heavy atom. The predicted octanol–water partition coefficient (Wildman–Crippen LogP) is 3.09. The van der Waals surface area contributed by atoms with Crippen molar-refractivity contribution >= 4 is 11.9 Å². The summed E-state index contributed by atoms with van der Waals surface area (Å²) in [6.45, 7) is 3.23. The monoisotopic (exact) mass is 303 g/mol. The van der Waals surface area contributed by atoms with Crippen molar-refractivity contribution in [1.29, 1.82) is 0 Å².